The zero-order valence-electron chi connectivity index (χ0n) is 19.2. The highest BCUT2D eigenvalue weighted by atomic mass is 35.5. The van der Waals surface area contributed by atoms with Gasteiger partial charge in [-0.05, 0) is 54.4 Å². The van der Waals surface area contributed by atoms with E-state index in [9.17, 15) is 18.3 Å². The zero-order chi connectivity index (χ0) is 26.3. The van der Waals surface area contributed by atoms with Crippen molar-refractivity contribution < 1.29 is 27.8 Å². The Morgan fingerprint density at radius 1 is 0.944 bits per heavy atom. The molecule has 0 amide bonds. The van der Waals surface area contributed by atoms with Crippen LogP contribution in [-0.4, -0.2) is 38.8 Å². The van der Waals surface area contributed by atoms with Gasteiger partial charge in [0.25, 0.3) is 10.0 Å². The Balaban J connectivity index is 1.53. The van der Waals surface area contributed by atoms with Gasteiger partial charge in [-0.2, -0.15) is 0 Å². The first-order chi connectivity index (χ1) is 17.1. The van der Waals surface area contributed by atoms with Crippen molar-refractivity contribution >= 4 is 56.5 Å². The van der Waals surface area contributed by atoms with Gasteiger partial charge in [0, 0.05) is 25.1 Å². The second kappa shape index (κ2) is 12.7. The molecule has 0 spiro atoms. The number of hydrogen-bond donors (Lipinski definition) is 2. The van der Waals surface area contributed by atoms with Crippen LogP contribution in [0.5, 0.6) is 5.75 Å². The first kappa shape index (κ1) is 28.1. The van der Waals surface area contributed by atoms with Crippen LogP contribution in [0.25, 0.3) is 0 Å². The van der Waals surface area contributed by atoms with Gasteiger partial charge in [-0.25, -0.2) is 13.2 Å². The second-order valence-corrected chi connectivity index (χ2v) is 10.6. The van der Waals surface area contributed by atoms with E-state index in [0.29, 0.717) is 31.1 Å². The molecule has 0 aliphatic rings. The SMILES string of the molecule is CCOC(Cc1ccc(OCCc2ccc(NS(=O)(=O)c3cc(Cl)c(Cl)cc3Cl)cc2)cc1)C(=O)O. The molecule has 0 aromatic heterocycles. The van der Waals surface area contributed by atoms with Crippen LogP contribution in [0.15, 0.2) is 65.6 Å². The molecular formula is C25H24Cl3NO6S. The van der Waals surface area contributed by atoms with Crippen molar-refractivity contribution in [2.24, 2.45) is 0 Å². The standard InChI is InChI=1S/C25H24Cl3NO6S/c1-2-34-23(25(30)31)13-17-5-9-19(10-6-17)35-12-11-16-3-7-18(8-4-16)29-36(32,33)24-15-21(27)20(26)14-22(24)28/h3-10,14-15,23,29H,2,11-13H2,1H3,(H,30,31). The highest BCUT2D eigenvalue weighted by Gasteiger charge is 2.20. The van der Waals surface area contributed by atoms with E-state index < -0.39 is 22.1 Å². The molecule has 3 aromatic carbocycles. The Bertz CT molecular complexity index is 1300. The molecular weight excluding hydrogens is 549 g/mol. The van der Waals surface area contributed by atoms with E-state index in [1.165, 1.54) is 12.1 Å². The lowest BCUT2D eigenvalue weighted by Gasteiger charge is -2.13. The minimum absolute atomic E-state index is 0.0327. The van der Waals surface area contributed by atoms with Gasteiger partial charge in [-0.3, -0.25) is 4.72 Å². The van der Waals surface area contributed by atoms with Crippen molar-refractivity contribution in [1.82, 2.24) is 0 Å². The first-order valence-corrected chi connectivity index (χ1v) is 13.5. The number of aliphatic carboxylic acids is 1. The molecule has 0 saturated carbocycles. The van der Waals surface area contributed by atoms with Crippen molar-refractivity contribution in [3.05, 3.63) is 86.9 Å². The number of rotatable bonds is 12. The lowest BCUT2D eigenvalue weighted by Crippen LogP contribution is -2.26. The minimum Gasteiger partial charge on any atom is -0.493 e. The molecule has 3 rings (SSSR count). The summed E-state index contributed by atoms with van der Waals surface area (Å²) in [6.07, 6.45) is -0.00876. The van der Waals surface area contributed by atoms with Crippen LogP contribution >= 0.6 is 34.8 Å². The molecule has 0 saturated heterocycles. The van der Waals surface area contributed by atoms with Crippen LogP contribution in [0, 0.1) is 0 Å². The van der Waals surface area contributed by atoms with Crippen LogP contribution in [0.2, 0.25) is 15.1 Å². The lowest BCUT2D eigenvalue weighted by atomic mass is 10.1. The van der Waals surface area contributed by atoms with Gasteiger partial charge in [0.15, 0.2) is 6.10 Å². The average molecular weight is 573 g/mol. The molecule has 7 nitrogen and oxygen atoms in total. The largest absolute Gasteiger partial charge is 0.493 e. The fourth-order valence-corrected chi connectivity index (χ4v) is 5.36. The maximum Gasteiger partial charge on any atom is 0.333 e. The number of hydrogen-bond acceptors (Lipinski definition) is 5. The van der Waals surface area contributed by atoms with Gasteiger partial charge < -0.3 is 14.6 Å². The topological polar surface area (TPSA) is 102 Å². The molecule has 11 heteroatoms. The molecule has 1 unspecified atom stereocenters. The maximum atomic E-state index is 12.7. The van der Waals surface area contributed by atoms with Gasteiger partial charge in [0.2, 0.25) is 0 Å². The van der Waals surface area contributed by atoms with E-state index in [1.807, 2.05) is 12.1 Å². The summed E-state index contributed by atoms with van der Waals surface area (Å²) in [5, 5.41) is 9.42. The van der Waals surface area contributed by atoms with Gasteiger partial charge in [0.05, 0.1) is 21.7 Å². The summed E-state index contributed by atoms with van der Waals surface area (Å²) in [5.41, 5.74) is 2.15. The highest BCUT2D eigenvalue weighted by Crippen LogP contribution is 2.32. The van der Waals surface area contributed by atoms with Gasteiger partial charge >= 0.3 is 5.97 Å². The fourth-order valence-electron chi connectivity index (χ4n) is 3.30. The van der Waals surface area contributed by atoms with E-state index in [1.54, 1.807) is 43.3 Å². The average Bonchev–Trinajstić information content (AvgIpc) is 2.83. The summed E-state index contributed by atoms with van der Waals surface area (Å²) < 4.78 is 38.9. The molecule has 0 radical (unpaired) electrons. The van der Waals surface area contributed by atoms with Crippen LogP contribution in [-0.2, 0) is 32.4 Å². The minimum atomic E-state index is -3.96. The van der Waals surface area contributed by atoms with Crippen LogP contribution in [0.3, 0.4) is 0 Å². The third-order valence-electron chi connectivity index (χ3n) is 5.12. The second-order valence-electron chi connectivity index (χ2n) is 7.73. The quantitative estimate of drug-likeness (QED) is 0.254. The Morgan fingerprint density at radius 2 is 1.56 bits per heavy atom. The van der Waals surface area contributed by atoms with Crippen molar-refractivity contribution in [3.8, 4) is 5.75 Å². The maximum absolute atomic E-state index is 12.7. The predicted molar refractivity (Wildman–Crippen MR) is 141 cm³/mol. The molecule has 1 atom stereocenters. The van der Waals surface area contributed by atoms with Crippen LogP contribution < -0.4 is 9.46 Å². The van der Waals surface area contributed by atoms with Gasteiger partial charge in [-0.15, -0.1) is 0 Å². The Kier molecular flexibility index (Phi) is 9.87. The molecule has 3 aromatic rings. The molecule has 0 aliphatic heterocycles. The summed E-state index contributed by atoms with van der Waals surface area (Å²) >= 11 is 17.8. The fraction of sp³-hybridized carbons (Fsp3) is 0.240. The predicted octanol–water partition coefficient (Wildman–Crippen LogP) is 6.10. The Labute approximate surface area is 225 Å². The number of carboxylic acid groups (broad SMARTS) is 1. The summed E-state index contributed by atoms with van der Waals surface area (Å²) in [7, 11) is -3.96. The summed E-state index contributed by atoms with van der Waals surface area (Å²) in [4.78, 5) is 11.1. The van der Waals surface area contributed by atoms with E-state index >= 15 is 0 Å². The molecule has 0 fully saturated rings. The van der Waals surface area contributed by atoms with Crippen LogP contribution in [0.1, 0.15) is 18.1 Å². The molecule has 0 aliphatic carbocycles. The highest BCUT2D eigenvalue weighted by molar-refractivity contribution is 7.92. The zero-order valence-corrected chi connectivity index (χ0v) is 22.3. The van der Waals surface area contributed by atoms with Crippen LogP contribution in [0.4, 0.5) is 5.69 Å². The monoisotopic (exact) mass is 571 g/mol. The van der Waals surface area contributed by atoms with Gasteiger partial charge in [-0.1, -0.05) is 59.1 Å². The Hall–Kier alpha value is -2.49. The number of carbonyl (C=O) groups is 1. The third-order valence-corrected chi connectivity index (χ3v) is 7.69. The number of carboxylic acids is 1. The normalized spacial score (nSPS) is 12.2. The molecule has 2 N–H and O–H groups in total. The number of benzene rings is 3. The molecule has 0 heterocycles. The number of halogens is 3. The number of sulfonamides is 1. The summed E-state index contributed by atoms with van der Waals surface area (Å²) in [5.74, 6) is -0.334. The van der Waals surface area contributed by atoms with Crippen molar-refractivity contribution in [1.29, 1.82) is 0 Å². The van der Waals surface area contributed by atoms with Crippen molar-refractivity contribution in [2.75, 3.05) is 17.9 Å². The van der Waals surface area contributed by atoms with Crippen molar-refractivity contribution in [2.45, 2.75) is 30.8 Å². The number of ether oxygens (including phenoxy) is 2. The summed E-state index contributed by atoms with van der Waals surface area (Å²) in [6.45, 7) is 2.49. The van der Waals surface area contributed by atoms with Crippen molar-refractivity contribution in [3.63, 3.8) is 0 Å². The summed E-state index contributed by atoms with van der Waals surface area (Å²) in [6, 6.07) is 16.5. The van der Waals surface area contributed by atoms with E-state index in [-0.39, 0.29) is 26.4 Å². The Morgan fingerprint density at radius 3 is 2.17 bits per heavy atom. The third kappa shape index (κ3) is 7.75. The molecule has 192 valence electrons. The number of anilines is 1. The first-order valence-electron chi connectivity index (χ1n) is 10.9. The molecule has 36 heavy (non-hydrogen) atoms. The number of nitrogens with one attached hydrogen (secondary N) is 1. The van der Waals surface area contributed by atoms with Gasteiger partial charge in [0.1, 0.15) is 10.6 Å². The van der Waals surface area contributed by atoms with E-state index in [4.69, 9.17) is 44.3 Å². The molecule has 0 bridgehead atoms. The van der Waals surface area contributed by atoms with E-state index in [2.05, 4.69) is 4.72 Å². The van der Waals surface area contributed by atoms with E-state index in [0.717, 1.165) is 11.1 Å². The smallest absolute Gasteiger partial charge is 0.333 e. The lowest BCUT2D eigenvalue weighted by molar-refractivity contribution is -0.149.